The van der Waals surface area contributed by atoms with E-state index in [9.17, 15) is 9.18 Å². The van der Waals surface area contributed by atoms with Gasteiger partial charge in [0.25, 0.3) is 0 Å². The molecule has 0 aliphatic carbocycles. The Morgan fingerprint density at radius 2 is 1.92 bits per heavy atom. The third kappa shape index (κ3) is 2.88. The highest BCUT2D eigenvalue weighted by Crippen LogP contribution is 2.22. The predicted molar refractivity (Wildman–Crippen MR) is 85.6 cm³/mol. The van der Waals surface area contributed by atoms with Gasteiger partial charge in [-0.15, -0.1) is 0 Å². The molecule has 0 atom stereocenters. The van der Waals surface area contributed by atoms with Crippen molar-refractivity contribution in [1.29, 1.82) is 0 Å². The SMILES string of the molecule is CCc1c(C)nc(-c2ccc(F)cc2)nc1-n1ccc(C(=O)O)n1. The van der Waals surface area contributed by atoms with Gasteiger partial charge in [-0.05, 0) is 43.7 Å². The van der Waals surface area contributed by atoms with Crippen LogP contribution >= 0.6 is 0 Å². The first kappa shape index (κ1) is 15.8. The van der Waals surface area contributed by atoms with Crippen molar-refractivity contribution < 1.29 is 14.3 Å². The number of nitrogens with zero attached hydrogens (tertiary/aromatic N) is 4. The summed E-state index contributed by atoms with van der Waals surface area (Å²) in [5, 5.41) is 13.1. The topological polar surface area (TPSA) is 80.9 Å². The lowest BCUT2D eigenvalue weighted by molar-refractivity contribution is 0.0690. The van der Waals surface area contributed by atoms with E-state index in [1.807, 2.05) is 13.8 Å². The lowest BCUT2D eigenvalue weighted by Crippen LogP contribution is -2.09. The van der Waals surface area contributed by atoms with E-state index < -0.39 is 5.97 Å². The van der Waals surface area contributed by atoms with Crippen molar-refractivity contribution in [2.24, 2.45) is 0 Å². The molecule has 2 aromatic heterocycles. The molecule has 1 N–H and O–H groups in total. The maximum Gasteiger partial charge on any atom is 0.356 e. The molecule has 7 heteroatoms. The summed E-state index contributed by atoms with van der Waals surface area (Å²) in [6.07, 6.45) is 2.23. The van der Waals surface area contributed by atoms with Crippen molar-refractivity contribution in [2.75, 3.05) is 0 Å². The number of hydrogen-bond donors (Lipinski definition) is 1. The molecule has 3 rings (SSSR count). The van der Waals surface area contributed by atoms with Crippen LogP contribution in [-0.2, 0) is 6.42 Å². The Labute approximate surface area is 137 Å². The molecule has 0 unspecified atom stereocenters. The zero-order valence-corrected chi connectivity index (χ0v) is 13.2. The van der Waals surface area contributed by atoms with E-state index in [0.29, 0.717) is 23.6 Å². The fourth-order valence-electron chi connectivity index (χ4n) is 2.47. The van der Waals surface area contributed by atoms with Gasteiger partial charge in [-0.25, -0.2) is 23.8 Å². The van der Waals surface area contributed by atoms with Gasteiger partial charge in [-0.2, -0.15) is 5.10 Å². The van der Waals surface area contributed by atoms with E-state index in [1.54, 1.807) is 18.3 Å². The second kappa shape index (κ2) is 6.19. The Balaban J connectivity index is 2.16. The Morgan fingerprint density at radius 1 is 1.21 bits per heavy atom. The zero-order valence-electron chi connectivity index (χ0n) is 13.2. The molecule has 0 radical (unpaired) electrons. The number of benzene rings is 1. The van der Waals surface area contributed by atoms with Crippen LogP contribution in [0.2, 0.25) is 0 Å². The number of carboxylic acid groups (broad SMARTS) is 1. The third-order valence-electron chi connectivity index (χ3n) is 3.67. The summed E-state index contributed by atoms with van der Waals surface area (Å²) in [4.78, 5) is 20.0. The van der Waals surface area contributed by atoms with E-state index in [4.69, 9.17) is 5.11 Å². The molecule has 0 saturated heterocycles. The smallest absolute Gasteiger partial charge is 0.356 e. The lowest BCUT2D eigenvalue weighted by Gasteiger charge is -2.12. The van der Waals surface area contributed by atoms with Crippen molar-refractivity contribution in [3.05, 3.63) is 59.3 Å². The summed E-state index contributed by atoms with van der Waals surface area (Å²) < 4.78 is 14.5. The average molecular weight is 326 g/mol. The van der Waals surface area contributed by atoms with Gasteiger partial charge in [0.05, 0.1) is 0 Å². The quantitative estimate of drug-likeness (QED) is 0.797. The van der Waals surface area contributed by atoms with Gasteiger partial charge < -0.3 is 5.11 Å². The molecule has 0 fully saturated rings. The predicted octanol–water partition coefficient (Wildman–Crippen LogP) is 3.04. The first-order chi connectivity index (χ1) is 11.5. The van der Waals surface area contributed by atoms with Crippen molar-refractivity contribution in [2.45, 2.75) is 20.3 Å². The number of carbonyl (C=O) groups is 1. The van der Waals surface area contributed by atoms with Crippen LogP contribution < -0.4 is 0 Å². The number of halogens is 1. The molecule has 0 amide bonds. The molecule has 0 aliphatic heterocycles. The summed E-state index contributed by atoms with van der Waals surface area (Å²) in [6, 6.07) is 7.31. The van der Waals surface area contributed by atoms with Crippen LogP contribution in [0.4, 0.5) is 4.39 Å². The van der Waals surface area contributed by atoms with Crippen LogP contribution in [0.3, 0.4) is 0 Å². The second-order valence-corrected chi connectivity index (χ2v) is 5.25. The highest BCUT2D eigenvalue weighted by Gasteiger charge is 2.16. The number of aromatic nitrogens is 4. The van der Waals surface area contributed by atoms with Gasteiger partial charge in [0.15, 0.2) is 17.3 Å². The van der Waals surface area contributed by atoms with Crippen LogP contribution in [0.5, 0.6) is 0 Å². The first-order valence-electron chi connectivity index (χ1n) is 7.42. The van der Waals surface area contributed by atoms with Gasteiger partial charge in [0.1, 0.15) is 5.82 Å². The fraction of sp³-hybridized carbons (Fsp3) is 0.176. The van der Waals surface area contributed by atoms with Crippen LogP contribution in [0.25, 0.3) is 17.2 Å². The number of aryl methyl sites for hydroxylation is 1. The van der Waals surface area contributed by atoms with Crippen molar-refractivity contribution >= 4 is 5.97 Å². The number of hydrogen-bond acceptors (Lipinski definition) is 4. The number of aromatic carboxylic acids is 1. The van der Waals surface area contributed by atoms with E-state index in [0.717, 1.165) is 11.3 Å². The summed E-state index contributed by atoms with van der Waals surface area (Å²) in [5.74, 6) is -0.473. The molecule has 3 aromatic rings. The monoisotopic (exact) mass is 326 g/mol. The molecule has 0 spiro atoms. The van der Waals surface area contributed by atoms with Crippen LogP contribution in [0.1, 0.15) is 28.7 Å². The molecule has 24 heavy (non-hydrogen) atoms. The Bertz CT molecular complexity index is 903. The van der Waals surface area contributed by atoms with Crippen LogP contribution in [0.15, 0.2) is 36.5 Å². The van der Waals surface area contributed by atoms with E-state index >= 15 is 0 Å². The largest absolute Gasteiger partial charge is 0.476 e. The molecule has 0 saturated carbocycles. The van der Waals surface area contributed by atoms with E-state index in [1.165, 1.54) is 22.9 Å². The normalized spacial score (nSPS) is 10.8. The minimum atomic E-state index is -1.10. The summed E-state index contributed by atoms with van der Waals surface area (Å²) in [7, 11) is 0. The number of carboxylic acids is 1. The fourth-order valence-corrected chi connectivity index (χ4v) is 2.47. The Kier molecular flexibility index (Phi) is 4.07. The molecule has 1 aromatic carbocycles. The Hall–Kier alpha value is -3.09. The third-order valence-corrected chi connectivity index (χ3v) is 3.67. The highest BCUT2D eigenvalue weighted by atomic mass is 19.1. The van der Waals surface area contributed by atoms with Crippen molar-refractivity contribution in [3.8, 4) is 17.2 Å². The van der Waals surface area contributed by atoms with Gasteiger partial charge in [0, 0.05) is 23.0 Å². The summed E-state index contributed by atoms with van der Waals surface area (Å²) in [5.41, 5.74) is 2.26. The maximum atomic E-state index is 13.1. The molecule has 122 valence electrons. The minimum Gasteiger partial charge on any atom is -0.476 e. The average Bonchev–Trinajstić information content (AvgIpc) is 3.05. The molecular weight excluding hydrogens is 311 g/mol. The Morgan fingerprint density at radius 3 is 2.50 bits per heavy atom. The van der Waals surface area contributed by atoms with E-state index in [2.05, 4.69) is 15.1 Å². The highest BCUT2D eigenvalue weighted by molar-refractivity contribution is 5.85. The van der Waals surface area contributed by atoms with Crippen LogP contribution in [0, 0.1) is 12.7 Å². The van der Waals surface area contributed by atoms with Crippen molar-refractivity contribution in [1.82, 2.24) is 19.7 Å². The van der Waals surface area contributed by atoms with E-state index in [-0.39, 0.29) is 11.5 Å². The van der Waals surface area contributed by atoms with Crippen LogP contribution in [-0.4, -0.2) is 30.8 Å². The lowest BCUT2D eigenvalue weighted by atomic mass is 10.1. The molecule has 2 heterocycles. The maximum absolute atomic E-state index is 13.1. The number of rotatable bonds is 4. The molecule has 0 bridgehead atoms. The van der Waals surface area contributed by atoms with Gasteiger partial charge in [-0.1, -0.05) is 6.92 Å². The molecular formula is C17H15FN4O2. The second-order valence-electron chi connectivity index (χ2n) is 5.25. The van der Waals surface area contributed by atoms with Crippen molar-refractivity contribution in [3.63, 3.8) is 0 Å². The summed E-state index contributed by atoms with van der Waals surface area (Å²) >= 11 is 0. The standard InChI is InChI=1S/C17H15FN4O2/c1-3-13-10(2)19-15(11-4-6-12(18)7-5-11)20-16(13)22-9-8-14(21-22)17(23)24/h4-9H,3H2,1-2H3,(H,23,24). The molecule has 6 nitrogen and oxygen atoms in total. The zero-order chi connectivity index (χ0) is 17.3. The molecule has 0 aliphatic rings. The minimum absolute atomic E-state index is 0.0587. The van der Waals surface area contributed by atoms with Gasteiger partial charge in [-0.3, -0.25) is 0 Å². The van der Waals surface area contributed by atoms with Gasteiger partial charge in [0.2, 0.25) is 0 Å². The summed E-state index contributed by atoms with van der Waals surface area (Å²) in [6.45, 7) is 3.83. The first-order valence-corrected chi connectivity index (χ1v) is 7.42. The van der Waals surface area contributed by atoms with Gasteiger partial charge >= 0.3 is 5.97 Å².